The van der Waals surface area contributed by atoms with Crippen LogP contribution in [0.15, 0.2) is 6.07 Å². The van der Waals surface area contributed by atoms with Gasteiger partial charge in [-0.25, -0.2) is 9.97 Å². The van der Waals surface area contributed by atoms with Crippen molar-refractivity contribution in [2.24, 2.45) is 5.73 Å². The number of aliphatic hydroxyl groups excluding tert-OH is 1. The standard InChI is InChI=1S/C17H26N4O.2ClH/c18-12-7-11(8-12)15-9-16(21-17(20-15)10-1-2-10)19-13-3-5-14(22)6-4-13;;/h9-14,22H,1-8,18H2,(H,19,20,21);2*1H. The van der Waals surface area contributed by atoms with Gasteiger partial charge in [-0.1, -0.05) is 0 Å². The van der Waals surface area contributed by atoms with Gasteiger partial charge in [0.2, 0.25) is 0 Å². The smallest absolute Gasteiger partial charge is 0.134 e. The third-order valence-corrected chi connectivity index (χ3v) is 5.35. The number of rotatable bonds is 4. The van der Waals surface area contributed by atoms with Crippen molar-refractivity contribution in [3.63, 3.8) is 0 Å². The fourth-order valence-corrected chi connectivity index (χ4v) is 3.63. The molecule has 5 nitrogen and oxygen atoms in total. The summed E-state index contributed by atoms with van der Waals surface area (Å²) in [5, 5.41) is 13.2. The first-order chi connectivity index (χ1) is 10.7. The summed E-state index contributed by atoms with van der Waals surface area (Å²) in [6, 6.07) is 2.91. The Morgan fingerprint density at radius 3 is 2.21 bits per heavy atom. The number of aliphatic hydroxyl groups is 1. The molecule has 0 atom stereocenters. The van der Waals surface area contributed by atoms with Crippen molar-refractivity contribution in [3.05, 3.63) is 17.6 Å². The average molecular weight is 375 g/mol. The normalized spacial score (nSPS) is 32.1. The Bertz CT molecular complexity index is 541. The van der Waals surface area contributed by atoms with Gasteiger partial charge in [0.1, 0.15) is 11.6 Å². The van der Waals surface area contributed by atoms with Crippen LogP contribution in [-0.4, -0.2) is 33.3 Å². The highest BCUT2D eigenvalue weighted by molar-refractivity contribution is 5.85. The maximum atomic E-state index is 9.63. The Hall–Kier alpha value is -0.620. The lowest BCUT2D eigenvalue weighted by molar-refractivity contribution is 0.126. The van der Waals surface area contributed by atoms with E-state index in [-0.39, 0.29) is 30.9 Å². The van der Waals surface area contributed by atoms with E-state index < -0.39 is 0 Å². The van der Waals surface area contributed by atoms with Gasteiger partial charge >= 0.3 is 0 Å². The number of nitrogens with one attached hydrogen (secondary N) is 1. The van der Waals surface area contributed by atoms with Gasteiger partial charge in [-0.05, 0) is 51.4 Å². The second-order valence-electron chi connectivity index (χ2n) is 7.39. The Labute approximate surface area is 156 Å². The molecule has 1 heterocycles. The minimum Gasteiger partial charge on any atom is -0.393 e. The van der Waals surface area contributed by atoms with Crippen molar-refractivity contribution >= 4 is 30.6 Å². The van der Waals surface area contributed by atoms with Gasteiger partial charge in [-0.15, -0.1) is 24.8 Å². The fourth-order valence-electron chi connectivity index (χ4n) is 3.63. The predicted molar refractivity (Wildman–Crippen MR) is 100 cm³/mol. The van der Waals surface area contributed by atoms with Crippen molar-refractivity contribution in [1.82, 2.24) is 9.97 Å². The van der Waals surface area contributed by atoms with Crippen molar-refractivity contribution < 1.29 is 5.11 Å². The molecular formula is C17H28Cl2N4O. The molecule has 7 heteroatoms. The van der Waals surface area contributed by atoms with Crippen LogP contribution in [0.4, 0.5) is 5.82 Å². The summed E-state index contributed by atoms with van der Waals surface area (Å²) in [7, 11) is 0. The van der Waals surface area contributed by atoms with Gasteiger partial charge in [0.25, 0.3) is 0 Å². The van der Waals surface area contributed by atoms with E-state index in [2.05, 4.69) is 11.4 Å². The zero-order chi connectivity index (χ0) is 15.1. The van der Waals surface area contributed by atoms with E-state index in [0.29, 0.717) is 23.9 Å². The zero-order valence-electron chi connectivity index (χ0n) is 13.9. The molecule has 0 aliphatic heterocycles. The topological polar surface area (TPSA) is 84.1 Å². The molecule has 0 amide bonds. The number of anilines is 1. The number of halogens is 2. The van der Waals surface area contributed by atoms with E-state index in [0.717, 1.165) is 50.2 Å². The molecule has 3 aliphatic carbocycles. The van der Waals surface area contributed by atoms with Gasteiger partial charge in [0.15, 0.2) is 0 Å². The number of aromatic nitrogens is 2. The molecule has 4 N–H and O–H groups in total. The van der Waals surface area contributed by atoms with Gasteiger partial charge in [0, 0.05) is 35.7 Å². The monoisotopic (exact) mass is 374 g/mol. The van der Waals surface area contributed by atoms with Crippen LogP contribution in [0.1, 0.15) is 74.7 Å². The van der Waals surface area contributed by atoms with E-state index in [4.69, 9.17) is 15.7 Å². The summed E-state index contributed by atoms with van der Waals surface area (Å²) in [6.45, 7) is 0. The second-order valence-corrected chi connectivity index (χ2v) is 7.39. The Kier molecular flexibility index (Phi) is 6.71. The first-order valence-corrected chi connectivity index (χ1v) is 8.76. The van der Waals surface area contributed by atoms with E-state index in [1.165, 1.54) is 18.5 Å². The molecule has 0 spiro atoms. The lowest BCUT2D eigenvalue weighted by atomic mass is 9.78. The molecule has 3 saturated carbocycles. The average Bonchev–Trinajstić information content (AvgIpc) is 3.31. The van der Waals surface area contributed by atoms with Crippen LogP contribution >= 0.6 is 24.8 Å². The summed E-state index contributed by atoms with van der Waals surface area (Å²) in [5.74, 6) is 3.09. The highest BCUT2D eigenvalue weighted by atomic mass is 35.5. The molecule has 0 unspecified atom stereocenters. The number of hydrogen-bond acceptors (Lipinski definition) is 5. The van der Waals surface area contributed by atoms with Gasteiger partial charge in [-0.2, -0.15) is 0 Å². The first kappa shape index (κ1) is 19.7. The third kappa shape index (κ3) is 4.51. The predicted octanol–water partition coefficient (Wildman–Crippen LogP) is 3.12. The van der Waals surface area contributed by atoms with Gasteiger partial charge in [0.05, 0.1) is 6.10 Å². The second kappa shape index (κ2) is 8.17. The van der Waals surface area contributed by atoms with Gasteiger partial charge < -0.3 is 16.2 Å². The Morgan fingerprint density at radius 2 is 1.62 bits per heavy atom. The Morgan fingerprint density at radius 1 is 0.958 bits per heavy atom. The van der Waals surface area contributed by atoms with Crippen molar-refractivity contribution in [3.8, 4) is 0 Å². The SMILES string of the molecule is Cl.Cl.NC1CC(c2cc(NC3CCC(O)CC3)nc(C3CC3)n2)C1. The van der Waals surface area contributed by atoms with E-state index in [9.17, 15) is 5.11 Å². The fraction of sp³-hybridized carbons (Fsp3) is 0.765. The van der Waals surface area contributed by atoms with Crippen LogP contribution in [0.25, 0.3) is 0 Å². The molecule has 0 radical (unpaired) electrons. The molecule has 24 heavy (non-hydrogen) atoms. The molecule has 3 fully saturated rings. The Balaban J connectivity index is 0.00000104. The lowest BCUT2D eigenvalue weighted by Crippen LogP contribution is -2.35. The van der Waals surface area contributed by atoms with Crippen molar-refractivity contribution in [2.75, 3.05) is 5.32 Å². The first-order valence-electron chi connectivity index (χ1n) is 8.76. The molecule has 0 saturated heterocycles. The maximum Gasteiger partial charge on any atom is 0.134 e. The molecule has 0 aromatic carbocycles. The molecular weight excluding hydrogens is 347 g/mol. The van der Waals surface area contributed by atoms with Crippen LogP contribution in [0.3, 0.4) is 0 Å². The minimum absolute atomic E-state index is 0. The van der Waals surface area contributed by atoms with E-state index in [1.807, 2.05) is 0 Å². The third-order valence-electron chi connectivity index (χ3n) is 5.35. The lowest BCUT2D eigenvalue weighted by Gasteiger charge is -2.32. The molecule has 1 aromatic heterocycles. The van der Waals surface area contributed by atoms with Gasteiger partial charge in [-0.3, -0.25) is 0 Å². The summed E-state index contributed by atoms with van der Waals surface area (Å²) in [5.41, 5.74) is 7.11. The molecule has 1 aromatic rings. The number of nitrogens with two attached hydrogens (primary N) is 1. The highest BCUT2D eigenvalue weighted by Gasteiger charge is 2.32. The molecule has 3 aliphatic rings. The maximum absolute atomic E-state index is 9.63. The van der Waals surface area contributed by atoms with Crippen LogP contribution < -0.4 is 11.1 Å². The zero-order valence-corrected chi connectivity index (χ0v) is 15.5. The van der Waals surface area contributed by atoms with E-state index >= 15 is 0 Å². The summed E-state index contributed by atoms with van der Waals surface area (Å²) >= 11 is 0. The minimum atomic E-state index is -0.113. The van der Waals surface area contributed by atoms with Crippen LogP contribution in [0.5, 0.6) is 0 Å². The summed E-state index contributed by atoms with van der Waals surface area (Å²) in [4.78, 5) is 9.56. The number of nitrogens with zero attached hydrogens (tertiary/aromatic N) is 2. The quantitative estimate of drug-likeness (QED) is 0.753. The molecule has 4 rings (SSSR count). The van der Waals surface area contributed by atoms with Crippen molar-refractivity contribution in [2.45, 2.75) is 81.4 Å². The van der Waals surface area contributed by atoms with E-state index in [1.54, 1.807) is 0 Å². The molecule has 0 bridgehead atoms. The van der Waals surface area contributed by atoms with Crippen molar-refractivity contribution in [1.29, 1.82) is 0 Å². The number of hydrogen-bond donors (Lipinski definition) is 3. The largest absolute Gasteiger partial charge is 0.393 e. The highest BCUT2D eigenvalue weighted by Crippen LogP contribution is 2.41. The van der Waals surface area contributed by atoms with Crippen LogP contribution in [0.2, 0.25) is 0 Å². The summed E-state index contributed by atoms with van der Waals surface area (Å²) in [6.07, 6.45) is 8.27. The van der Waals surface area contributed by atoms with Crippen LogP contribution in [-0.2, 0) is 0 Å². The summed E-state index contributed by atoms with van der Waals surface area (Å²) < 4.78 is 0. The molecule has 136 valence electrons. The van der Waals surface area contributed by atoms with Crippen LogP contribution in [0, 0.1) is 0 Å².